The fourth-order valence-electron chi connectivity index (χ4n) is 1.92. The second-order valence-corrected chi connectivity index (χ2v) is 5.80. The van der Waals surface area contributed by atoms with Gasteiger partial charge in [-0.25, -0.2) is 4.98 Å². The highest BCUT2D eigenvalue weighted by Crippen LogP contribution is 2.27. The molecule has 1 aromatic heterocycles. The number of ether oxygens (including phenoxy) is 1. The third kappa shape index (κ3) is 3.40. The zero-order valence-electron chi connectivity index (χ0n) is 11.3. The molecule has 3 rings (SSSR count). The van der Waals surface area contributed by atoms with Crippen molar-refractivity contribution in [2.24, 2.45) is 0 Å². The lowest BCUT2D eigenvalue weighted by atomic mass is 10.3. The number of rotatable bonds is 4. The van der Waals surface area contributed by atoms with Gasteiger partial charge >= 0.3 is 0 Å². The molecule has 0 saturated carbocycles. The van der Waals surface area contributed by atoms with Crippen LogP contribution < -0.4 is 10.1 Å². The molecule has 7 heteroatoms. The molecule has 0 radical (unpaired) electrons. The maximum Gasteiger partial charge on any atom is 0.264 e. The standard InChI is InChI=1S/C15H11BrClN3O2/c16-10-7-9(17)5-6-13(10)22-8-14(21)20-15-18-11-3-1-2-4-12(11)19-15/h1-7H,8H2,(H2,18,19,20,21). The Kier molecular flexibility index (Phi) is 4.31. The molecule has 0 bridgehead atoms. The maximum absolute atomic E-state index is 11.9. The van der Waals surface area contributed by atoms with Gasteiger partial charge in [0.25, 0.3) is 5.91 Å². The number of nitrogens with one attached hydrogen (secondary N) is 2. The minimum Gasteiger partial charge on any atom is -0.483 e. The average Bonchev–Trinajstić information content (AvgIpc) is 2.88. The molecule has 3 aromatic rings. The quantitative estimate of drug-likeness (QED) is 0.719. The number of fused-ring (bicyclic) bond motifs is 1. The predicted octanol–water partition coefficient (Wildman–Crippen LogP) is 4.00. The fraction of sp³-hybridized carbons (Fsp3) is 0.0667. The lowest BCUT2D eigenvalue weighted by molar-refractivity contribution is -0.118. The van der Waals surface area contributed by atoms with Crippen LogP contribution in [-0.2, 0) is 4.79 Å². The van der Waals surface area contributed by atoms with E-state index in [1.807, 2.05) is 24.3 Å². The van der Waals surface area contributed by atoms with E-state index in [0.717, 1.165) is 11.0 Å². The first-order valence-corrected chi connectivity index (χ1v) is 7.61. The number of para-hydroxylation sites is 2. The van der Waals surface area contributed by atoms with Crippen molar-refractivity contribution in [2.75, 3.05) is 11.9 Å². The summed E-state index contributed by atoms with van der Waals surface area (Å²) in [5, 5.41) is 3.25. The second kappa shape index (κ2) is 6.37. The molecule has 0 saturated heterocycles. The first-order valence-electron chi connectivity index (χ1n) is 6.44. The summed E-state index contributed by atoms with van der Waals surface area (Å²) >= 11 is 9.18. The minimum atomic E-state index is -0.305. The molecular weight excluding hydrogens is 370 g/mol. The summed E-state index contributed by atoms with van der Waals surface area (Å²) in [4.78, 5) is 19.2. The van der Waals surface area contributed by atoms with E-state index in [9.17, 15) is 4.79 Å². The van der Waals surface area contributed by atoms with Crippen LogP contribution in [0.2, 0.25) is 5.02 Å². The molecule has 1 heterocycles. The van der Waals surface area contributed by atoms with Crippen LogP contribution in [0.25, 0.3) is 11.0 Å². The number of anilines is 1. The molecule has 0 atom stereocenters. The Morgan fingerprint density at radius 1 is 1.32 bits per heavy atom. The third-order valence-electron chi connectivity index (χ3n) is 2.90. The molecule has 0 unspecified atom stereocenters. The minimum absolute atomic E-state index is 0.128. The fourth-order valence-corrected chi connectivity index (χ4v) is 2.71. The molecular formula is C15H11BrClN3O2. The van der Waals surface area contributed by atoms with Crippen LogP contribution in [0.5, 0.6) is 5.75 Å². The summed E-state index contributed by atoms with van der Waals surface area (Å²) in [6.45, 7) is -0.128. The number of benzene rings is 2. The van der Waals surface area contributed by atoms with Crippen molar-refractivity contribution in [3.63, 3.8) is 0 Å². The molecule has 0 spiro atoms. The number of carbonyl (C=O) groups is 1. The van der Waals surface area contributed by atoms with Gasteiger partial charge in [-0.3, -0.25) is 10.1 Å². The van der Waals surface area contributed by atoms with Crippen LogP contribution in [0.3, 0.4) is 0 Å². The Bertz CT molecular complexity index is 802. The third-order valence-corrected chi connectivity index (χ3v) is 3.75. The summed E-state index contributed by atoms with van der Waals surface area (Å²) in [6.07, 6.45) is 0. The van der Waals surface area contributed by atoms with E-state index in [-0.39, 0.29) is 12.5 Å². The second-order valence-electron chi connectivity index (χ2n) is 4.51. The van der Waals surface area contributed by atoms with Crippen LogP contribution in [-0.4, -0.2) is 22.5 Å². The van der Waals surface area contributed by atoms with Crippen molar-refractivity contribution >= 4 is 50.4 Å². The van der Waals surface area contributed by atoms with Crippen molar-refractivity contribution < 1.29 is 9.53 Å². The van der Waals surface area contributed by atoms with Crippen LogP contribution in [0.4, 0.5) is 5.95 Å². The molecule has 2 N–H and O–H groups in total. The Morgan fingerprint density at radius 2 is 2.14 bits per heavy atom. The highest BCUT2D eigenvalue weighted by molar-refractivity contribution is 9.10. The summed E-state index contributed by atoms with van der Waals surface area (Å²) in [6, 6.07) is 12.6. The van der Waals surface area contributed by atoms with E-state index < -0.39 is 0 Å². The smallest absolute Gasteiger partial charge is 0.264 e. The van der Waals surface area contributed by atoms with Gasteiger partial charge in [-0.05, 0) is 46.3 Å². The van der Waals surface area contributed by atoms with E-state index in [1.54, 1.807) is 18.2 Å². The molecule has 0 aliphatic heterocycles. The average molecular weight is 381 g/mol. The van der Waals surface area contributed by atoms with E-state index in [2.05, 4.69) is 31.2 Å². The number of hydrogen-bond donors (Lipinski definition) is 2. The van der Waals surface area contributed by atoms with E-state index in [4.69, 9.17) is 16.3 Å². The topological polar surface area (TPSA) is 67.0 Å². The van der Waals surface area contributed by atoms with Gasteiger partial charge < -0.3 is 9.72 Å². The lowest BCUT2D eigenvalue weighted by Gasteiger charge is -2.07. The highest BCUT2D eigenvalue weighted by atomic mass is 79.9. The predicted molar refractivity (Wildman–Crippen MR) is 89.4 cm³/mol. The van der Waals surface area contributed by atoms with Crippen molar-refractivity contribution in [1.29, 1.82) is 0 Å². The summed E-state index contributed by atoms with van der Waals surface area (Å²) in [5.41, 5.74) is 1.65. The molecule has 0 fully saturated rings. The van der Waals surface area contributed by atoms with Gasteiger partial charge in [-0.2, -0.15) is 0 Å². The van der Waals surface area contributed by atoms with Crippen LogP contribution in [0.1, 0.15) is 0 Å². The number of halogens is 2. The lowest BCUT2D eigenvalue weighted by Crippen LogP contribution is -2.20. The maximum atomic E-state index is 11.9. The van der Waals surface area contributed by atoms with Gasteiger partial charge in [-0.1, -0.05) is 23.7 Å². The summed E-state index contributed by atoms with van der Waals surface area (Å²) in [5.74, 6) is 0.634. The van der Waals surface area contributed by atoms with Gasteiger partial charge in [0.2, 0.25) is 5.95 Å². The molecule has 0 aliphatic rings. The number of H-pyrrole nitrogens is 1. The molecule has 5 nitrogen and oxygen atoms in total. The number of hydrogen-bond acceptors (Lipinski definition) is 3. The molecule has 1 amide bonds. The van der Waals surface area contributed by atoms with Gasteiger partial charge in [0.15, 0.2) is 6.61 Å². The Balaban J connectivity index is 1.62. The van der Waals surface area contributed by atoms with Crippen LogP contribution in [0, 0.1) is 0 Å². The number of nitrogens with zero attached hydrogens (tertiary/aromatic N) is 1. The Hall–Kier alpha value is -2.05. The number of aromatic nitrogens is 2. The van der Waals surface area contributed by atoms with Crippen LogP contribution in [0.15, 0.2) is 46.9 Å². The van der Waals surface area contributed by atoms with Crippen molar-refractivity contribution in [3.05, 3.63) is 52.0 Å². The van der Waals surface area contributed by atoms with Crippen molar-refractivity contribution in [2.45, 2.75) is 0 Å². The largest absolute Gasteiger partial charge is 0.483 e. The van der Waals surface area contributed by atoms with Crippen molar-refractivity contribution in [1.82, 2.24) is 9.97 Å². The normalized spacial score (nSPS) is 10.6. The zero-order valence-corrected chi connectivity index (χ0v) is 13.6. The van der Waals surface area contributed by atoms with Gasteiger partial charge in [0.05, 0.1) is 15.5 Å². The SMILES string of the molecule is O=C(COc1ccc(Cl)cc1Br)Nc1nc2ccccc2[nH]1. The van der Waals surface area contributed by atoms with Crippen LogP contribution >= 0.6 is 27.5 Å². The molecule has 2 aromatic carbocycles. The number of imidazole rings is 1. The Morgan fingerprint density at radius 3 is 2.91 bits per heavy atom. The number of carbonyl (C=O) groups excluding carboxylic acids is 1. The first-order chi connectivity index (χ1) is 10.6. The van der Waals surface area contributed by atoms with Gasteiger partial charge in [-0.15, -0.1) is 0 Å². The van der Waals surface area contributed by atoms with Crippen molar-refractivity contribution in [3.8, 4) is 5.75 Å². The number of aromatic amines is 1. The van der Waals surface area contributed by atoms with E-state index >= 15 is 0 Å². The summed E-state index contributed by atoms with van der Waals surface area (Å²) in [7, 11) is 0. The number of amides is 1. The Labute approximate surface area is 139 Å². The highest BCUT2D eigenvalue weighted by Gasteiger charge is 2.09. The van der Waals surface area contributed by atoms with E-state index in [1.165, 1.54) is 0 Å². The van der Waals surface area contributed by atoms with Gasteiger partial charge in [0.1, 0.15) is 5.75 Å². The van der Waals surface area contributed by atoms with Gasteiger partial charge in [0, 0.05) is 5.02 Å². The molecule has 112 valence electrons. The van der Waals surface area contributed by atoms with E-state index in [0.29, 0.717) is 21.2 Å². The summed E-state index contributed by atoms with van der Waals surface area (Å²) < 4.78 is 6.13. The zero-order chi connectivity index (χ0) is 15.5. The first kappa shape index (κ1) is 14.9. The molecule has 0 aliphatic carbocycles. The molecule has 22 heavy (non-hydrogen) atoms. The monoisotopic (exact) mass is 379 g/mol.